The zero-order chi connectivity index (χ0) is 17.1. The second kappa shape index (κ2) is 6.86. The number of rotatable bonds is 7. The number of hydrogen-bond donors (Lipinski definition) is 2. The fraction of sp³-hybridized carbons (Fsp3) is 0.429. The minimum Gasteiger partial charge on any atom is -0.477 e. The predicted molar refractivity (Wildman–Crippen MR) is 80.6 cm³/mol. The van der Waals surface area contributed by atoms with Gasteiger partial charge in [-0.05, 0) is 12.3 Å². The fourth-order valence-corrected chi connectivity index (χ4v) is 3.63. The van der Waals surface area contributed by atoms with E-state index in [1.807, 2.05) is 0 Å². The van der Waals surface area contributed by atoms with Crippen LogP contribution in [0.25, 0.3) is 0 Å². The molecule has 0 spiro atoms. The number of thioether (sulfide) groups is 1. The third-order valence-corrected chi connectivity index (χ3v) is 4.63. The van der Waals surface area contributed by atoms with Gasteiger partial charge in [0, 0.05) is 24.4 Å². The number of carbonyl (C=O) groups excluding carboxylic acids is 3. The number of β-lactam (4-membered cyclic amide) rings is 1. The van der Waals surface area contributed by atoms with Crippen LogP contribution in [-0.4, -0.2) is 46.4 Å². The summed E-state index contributed by atoms with van der Waals surface area (Å²) >= 11 is 1.14. The van der Waals surface area contributed by atoms with Crippen LogP contribution in [-0.2, 0) is 23.9 Å². The normalized spacial score (nSPS) is 24.3. The first-order chi connectivity index (χ1) is 10.9. The van der Waals surface area contributed by atoms with Gasteiger partial charge in [-0.3, -0.25) is 14.4 Å². The minimum atomic E-state index is -1.18. The molecule has 9 heteroatoms. The highest BCUT2D eigenvalue weighted by Crippen LogP contribution is 2.47. The summed E-state index contributed by atoms with van der Waals surface area (Å²) < 4.78 is 4.82. The molecule has 0 aromatic carbocycles. The van der Waals surface area contributed by atoms with Gasteiger partial charge in [0.05, 0.1) is 12.0 Å². The number of carbonyl (C=O) groups is 4. The van der Waals surface area contributed by atoms with Crippen LogP contribution in [0.3, 0.4) is 0 Å². The Morgan fingerprint density at radius 1 is 1.52 bits per heavy atom. The maximum Gasteiger partial charge on any atom is 0.353 e. The molecule has 2 heterocycles. The van der Waals surface area contributed by atoms with Crippen LogP contribution in [0.1, 0.15) is 20.3 Å². The lowest BCUT2D eigenvalue weighted by atomic mass is 9.83. The van der Waals surface area contributed by atoms with Crippen LogP contribution >= 0.6 is 11.8 Å². The van der Waals surface area contributed by atoms with E-state index in [1.165, 1.54) is 18.0 Å². The summed E-state index contributed by atoms with van der Waals surface area (Å²) in [6.07, 6.45) is 1.18. The Morgan fingerprint density at radius 2 is 2.22 bits per heavy atom. The molecule has 0 bridgehead atoms. The topological polar surface area (TPSA) is 113 Å². The molecule has 8 nitrogen and oxygen atoms in total. The smallest absolute Gasteiger partial charge is 0.353 e. The molecule has 0 aromatic rings. The van der Waals surface area contributed by atoms with Gasteiger partial charge in [-0.1, -0.05) is 11.8 Å². The first-order valence-electron chi connectivity index (χ1n) is 6.85. The monoisotopic (exact) mass is 340 g/mol. The largest absolute Gasteiger partial charge is 0.477 e. The molecule has 124 valence electrons. The minimum absolute atomic E-state index is 0.0490. The number of hydrogen-bond acceptors (Lipinski definition) is 6. The van der Waals surface area contributed by atoms with Crippen LogP contribution in [0.2, 0.25) is 0 Å². The third kappa shape index (κ3) is 3.24. The molecule has 0 radical (unpaired) electrons. The summed E-state index contributed by atoms with van der Waals surface area (Å²) in [5.74, 6) is -2.31. The van der Waals surface area contributed by atoms with Gasteiger partial charge in [-0.15, -0.1) is 0 Å². The van der Waals surface area contributed by atoms with E-state index >= 15 is 0 Å². The van der Waals surface area contributed by atoms with Gasteiger partial charge >= 0.3 is 5.97 Å². The summed E-state index contributed by atoms with van der Waals surface area (Å²) in [5, 5.41) is 13.4. The van der Waals surface area contributed by atoms with Crippen molar-refractivity contribution in [2.75, 3.05) is 0 Å². The first kappa shape index (κ1) is 17.1. The Hall–Kier alpha value is -2.29. The van der Waals surface area contributed by atoms with Crippen molar-refractivity contribution in [3.8, 4) is 0 Å². The molecular weight excluding hydrogens is 324 g/mol. The number of nitrogens with one attached hydrogen (secondary N) is 1. The van der Waals surface area contributed by atoms with Crippen molar-refractivity contribution in [2.24, 2.45) is 5.92 Å². The van der Waals surface area contributed by atoms with Crippen molar-refractivity contribution >= 4 is 36.0 Å². The number of aliphatic carboxylic acids is 1. The van der Waals surface area contributed by atoms with E-state index in [1.54, 1.807) is 12.3 Å². The SMILES string of the molecule is CC(=O)N/C=C\SC1=C(C(=O)O)N2C(=O)[C@H]([C@@H](C)OC=O)[C@H]2C1. The molecule has 2 amide bonds. The standard InChI is InChI=1S/C14H16N2O6S/c1-7(22-6-17)11-9-5-10(23-4-3-15-8(2)18)12(14(20)21)16(9)13(11)19/h3-4,6-7,9,11H,5H2,1-2H3,(H,15,18)(H,20,21)/b4-3-/t7-,9-,11-/m1/s1. The van der Waals surface area contributed by atoms with Gasteiger partial charge in [-0.25, -0.2) is 4.79 Å². The molecule has 2 aliphatic rings. The zero-order valence-corrected chi connectivity index (χ0v) is 13.3. The highest BCUT2D eigenvalue weighted by Gasteiger charge is 2.57. The molecule has 2 aliphatic heterocycles. The van der Waals surface area contributed by atoms with Crippen molar-refractivity contribution < 1.29 is 29.0 Å². The molecule has 3 atom stereocenters. The van der Waals surface area contributed by atoms with Crippen molar-refractivity contribution in [3.63, 3.8) is 0 Å². The van der Waals surface area contributed by atoms with E-state index in [4.69, 9.17) is 4.74 Å². The number of nitrogens with zero attached hydrogens (tertiary/aromatic N) is 1. The maximum atomic E-state index is 12.2. The average molecular weight is 340 g/mol. The van der Waals surface area contributed by atoms with Crippen molar-refractivity contribution in [1.82, 2.24) is 10.2 Å². The van der Waals surface area contributed by atoms with E-state index in [9.17, 15) is 24.3 Å². The summed E-state index contributed by atoms with van der Waals surface area (Å²) in [7, 11) is 0. The maximum absolute atomic E-state index is 12.2. The number of ether oxygens (including phenoxy) is 1. The Balaban J connectivity index is 2.12. The van der Waals surface area contributed by atoms with E-state index in [-0.39, 0.29) is 30.0 Å². The van der Waals surface area contributed by atoms with Crippen LogP contribution in [0.4, 0.5) is 0 Å². The molecule has 2 rings (SSSR count). The first-order valence-corrected chi connectivity index (χ1v) is 7.73. The van der Waals surface area contributed by atoms with Gasteiger partial charge in [0.1, 0.15) is 11.8 Å². The van der Waals surface area contributed by atoms with Crippen LogP contribution in [0.15, 0.2) is 22.2 Å². The van der Waals surface area contributed by atoms with Crippen LogP contribution < -0.4 is 5.32 Å². The highest BCUT2D eigenvalue weighted by molar-refractivity contribution is 8.05. The van der Waals surface area contributed by atoms with Gasteiger partial charge in [0.25, 0.3) is 6.47 Å². The van der Waals surface area contributed by atoms with Gasteiger partial charge in [0.15, 0.2) is 0 Å². The van der Waals surface area contributed by atoms with E-state index in [0.29, 0.717) is 11.3 Å². The molecule has 23 heavy (non-hydrogen) atoms. The number of fused-ring (bicyclic) bond motifs is 1. The van der Waals surface area contributed by atoms with Gasteiger partial charge in [0.2, 0.25) is 11.8 Å². The molecule has 0 unspecified atom stereocenters. The molecule has 0 aromatic heterocycles. The van der Waals surface area contributed by atoms with Gasteiger partial charge < -0.3 is 20.1 Å². The molecule has 0 saturated carbocycles. The number of amides is 2. The van der Waals surface area contributed by atoms with Crippen LogP contribution in [0.5, 0.6) is 0 Å². The summed E-state index contributed by atoms with van der Waals surface area (Å²) in [6, 6.07) is -0.319. The number of carboxylic acids is 1. The number of carboxylic acid groups (broad SMARTS) is 1. The quantitative estimate of drug-likeness (QED) is 0.510. The van der Waals surface area contributed by atoms with Crippen molar-refractivity contribution in [2.45, 2.75) is 32.4 Å². The third-order valence-electron chi connectivity index (χ3n) is 3.71. The molecular formula is C14H16N2O6S. The second-order valence-corrected chi connectivity index (χ2v) is 6.14. The summed E-state index contributed by atoms with van der Waals surface area (Å²) in [4.78, 5) is 46.6. The van der Waals surface area contributed by atoms with Crippen molar-refractivity contribution in [1.29, 1.82) is 0 Å². The Kier molecular flexibility index (Phi) is 5.09. The second-order valence-electron chi connectivity index (χ2n) is 5.14. The van der Waals surface area contributed by atoms with E-state index in [2.05, 4.69) is 5.32 Å². The van der Waals surface area contributed by atoms with E-state index < -0.39 is 18.0 Å². The summed E-state index contributed by atoms with van der Waals surface area (Å²) in [5.41, 5.74) is -0.0490. The lowest BCUT2D eigenvalue weighted by Gasteiger charge is -2.45. The lowest BCUT2D eigenvalue weighted by molar-refractivity contribution is -0.165. The molecule has 2 N–H and O–H groups in total. The predicted octanol–water partition coefficient (Wildman–Crippen LogP) is 0.415. The molecule has 1 fully saturated rings. The Morgan fingerprint density at radius 3 is 2.78 bits per heavy atom. The Bertz CT molecular complexity index is 614. The lowest BCUT2D eigenvalue weighted by Crippen LogP contribution is -2.62. The summed E-state index contributed by atoms with van der Waals surface area (Å²) in [6.45, 7) is 3.25. The zero-order valence-electron chi connectivity index (χ0n) is 12.5. The van der Waals surface area contributed by atoms with Crippen molar-refractivity contribution in [3.05, 3.63) is 22.2 Å². The highest BCUT2D eigenvalue weighted by atomic mass is 32.2. The van der Waals surface area contributed by atoms with Crippen LogP contribution in [0, 0.1) is 5.92 Å². The van der Waals surface area contributed by atoms with Gasteiger partial charge in [-0.2, -0.15) is 0 Å². The average Bonchev–Trinajstić information content (AvgIpc) is 2.78. The molecule has 1 saturated heterocycles. The Labute approximate surface area is 136 Å². The van der Waals surface area contributed by atoms with E-state index in [0.717, 1.165) is 11.8 Å². The molecule has 0 aliphatic carbocycles. The fourth-order valence-electron chi connectivity index (χ4n) is 2.76.